The molecule has 0 aromatic heterocycles. The molecule has 0 aliphatic carbocycles. The number of hydrogen-bond donors (Lipinski definition) is 1. The molecule has 92 valence electrons. The van der Waals surface area contributed by atoms with Crippen molar-refractivity contribution >= 4 is 12.2 Å². The molecule has 0 unspecified atom stereocenters. The Morgan fingerprint density at radius 1 is 1.29 bits per heavy atom. The number of amides is 1. The zero-order valence-corrected chi connectivity index (χ0v) is 10.6. The van der Waals surface area contributed by atoms with Gasteiger partial charge in [0.15, 0.2) is 5.78 Å². The summed E-state index contributed by atoms with van der Waals surface area (Å²) in [5.74, 6) is 0.0829. The molecule has 0 aliphatic rings. The first kappa shape index (κ1) is 13.4. The second-order valence-electron chi connectivity index (χ2n) is 4.90. The smallest absolute Gasteiger partial charge is 0.207 e. The van der Waals surface area contributed by atoms with Crippen molar-refractivity contribution in [2.24, 2.45) is 0 Å². The van der Waals surface area contributed by atoms with Gasteiger partial charge in [-0.2, -0.15) is 0 Å². The Bertz CT molecular complexity index is 393. The maximum Gasteiger partial charge on any atom is 0.207 e. The molecule has 1 aromatic carbocycles. The van der Waals surface area contributed by atoms with Gasteiger partial charge in [-0.3, -0.25) is 9.59 Å². The van der Waals surface area contributed by atoms with E-state index in [1.165, 1.54) is 5.56 Å². The summed E-state index contributed by atoms with van der Waals surface area (Å²) in [5.41, 5.74) is 1.72. The third-order valence-corrected chi connectivity index (χ3v) is 2.85. The van der Waals surface area contributed by atoms with Crippen LogP contribution in [-0.2, 0) is 11.2 Å². The van der Waals surface area contributed by atoms with E-state index in [1.54, 1.807) is 6.92 Å². The van der Waals surface area contributed by atoms with E-state index in [0.717, 1.165) is 24.8 Å². The topological polar surface area (TPSA) is 46.2 Å². The highest BCUT2D eigenvalue weighted by Crippen LogP contribution is 2.14. The van der Waals surface area contributed by atoms with Gasteiger partial charge in [0.05, 0.1) is 0 Å². The van der Waals surface area contributed by atoms with Crippen molar-refractivity contribution in [1.82, 2.24) is 5.32 Å². The summed E-state index contributed by atoms with van der Waals surface area (Å²) in [6.07, 6.45) is 2.48. The molecule has 0 spiro atoms. The minimum Gasteiger partial charge on any atom is -0.354 e. The van der Waals surface area contributed by atoms with E-state index in [2.05, 4.69) is 5.32 Å². The standard InChI is InChI=1S/C14H19NO2/c1-11(17)13-6-4-12(5-7-13)8-9-14(2,3)15-10-16/h4-7,10H,8-9H2,1-3H3,(H,15,16). The number of benzene rings is 1. The first-order valence-corrected chi connectivity index (χ1v) is 5.76. The third kappa shape index (κ3) is 4.39. The molecular formula is C14H19NO2. The second-order valence-corrected chi connectivity index (χ2v) is 4.90. The van der Waals surface area contributed by atoms with E-state index >= 15 is 0 Å². The van der Waals surface area contributed by atoms with Gasteiger partial charge >= 0.3 is 0 Å². The molecule has 0 fully saturated rings. The molecule has 1 rings (SSSR count). The van der Waals surface area contributed by atoms with Crippen molar-refractivity contribution in [2.45, 2.75) is 39.2 Å². The monoisotopic (exact) mass is 233 g/mol. The Balaban J connectivity index is 2.58. The number of aryl methyl sites for hydroxylation is 1. The van der Waals surface area contributed by atoms with Gasteiger partial charge < -0.3 is 5.32 Å². The highest BCUT2D eigenvalue weighted by Gasteiger charge is 2.15. The molecule has 1 N–H and O–H groups in total. The van der Waals surface area contributed by atoms with Crippen LogP contribution in [-0.4, -0.2) is 17.7 Å². The lowest BCUT2D eigenvalue weighted by Gasteiger charge is -2.23. The van der Waals surface area contributed by atoms with Crippen LogP contribution in [0.3, 0.4) is 0 Å². The molecule has 0 saturated carbocycles. The Kier molecular flexibility index (Phi) is 4.44. The van der Waals surface area contributed by atoms with Crippen LogP contribution < -0.4 is 5.32 Å². The van der Waals surface area contributed by atoms with Gasteiger partial charge in [0.2, 0.25) is 6.41 Å². The summed E-state index contributed by atoms with van der Waals surface area (Å²) < 4.78 is 0. The van der Waals surface area contributed by atoms with E-state index in [9.17, 15) is 9.59 Å². The fraction of sp³-hybridized carbons (Fsp3) is 0.429. The average Bonchev–Trinajstić information content (AvgIpc) is 2.27. The molecule has 0 atom stereocenters. The fourth-order valence-electron chi connectivity index (χ4n) is 1.59. The minimum absolute atomic E-state index is 0.0829. The zero-order chi connectivity index (χ0) is 12.9. The molecule has 0 aliphatic heterocycles. The quantitative estimate of drug-likeness (QED) is 0.605. The summed E-state index contributed by atoms with van der Waals surface area (Å²) in [5, 5.41) is 2.79. The summed E-state index contributed by atoms with van der Waals surface area (Å²) in [7, 11) is 0. The van der Waals surface area contributed by atoms with Gasteiger partial charge in [-0.1, -0.05) is 24.3 Å². The molecular weight excluding hydrogens is 214 g/mol. The van der Waals surface area contributed by atoms with Gasteiger partial charge in [0.1, 0.15) is 0 Å². The van der Waals surface area contributed by atoms with Gasteiger partial charge in [-0.05, 0) is 39.2 Å². The van der Waals surface area contributed by atoms with Gasteiger partial charge in [0, 0.05) is 11.1 Å². The van der Waals surface area contributed by atoms with Gasteiger partial charge in [0.25, 0.3) is 0 Å². The summed E-state index contributed by atoms with van der Waals surface area (Å²) >= 11 is 0. The molecule has 1 amide bonds. The number of carbonyl (C=O) groups excluding carboxylic acids is 2. The van der Waals surface area contributed by atoms with Crippen LogP contribution in [0.1, 0.15) is 43.1 Å². The van der Waals surface area contributed by atoms with E-state index in [4.69, 9.17) is 0 Å². The van der Waals surface area contributed by atoms with Crippen LogP contribution in [0.5, 0.6) is 0 Å². The molecule has 3 nitrogen and oxygen atoms in total. The molecule has 1 aromatic rings. The number of Topliss-reactive ketones (excluding diaryl/α,β-unsaturated/α-hetero) is 1. The van der Waals surface area contributed by atoms with Crippen LogP contribution in [0, 0.1) is 0 Å². The molecule has 0 heterocycles. The third-order valence-electron chi connectivity index (χ3n) is 2.85. The van der Waals surface area contributed by atoms with Crippen molar-refractivity contribution in [1.29, 1.82) is 0 Å². The van der Waals surface area contributed by atoms with E-state index in [1.807, 2.05) is 38.1 Å². The number of ketones is 1. The number of carbonyl (C=O) groups is 2. The van der Waals surface area contributed by atoms with Crippen LogP contribution in [0.2, 0.25) is 0 Å². The molecule has 0 bridgehead atoms. The molecule has 0 saturated heterocycles. The number of hydrogen-bond acceptors (Lipinski definition) is 2. The predicted molar refractivity (Wildman–Crippen MR) is 68.0 cm³/mol. The Labute approximate surface area is 102 Å². The fourth-order valence-corrected chi connectivity index (χ4v) is 1.59. The lowest BCUT2D eigenvalue weighted by Crippen LogP contribution is -2.38. The van der Waals surface area contributed by atoms with Crippen molar-refractivity contribution in [3.63, 3.8) is 0 Å². The van der Waals surface area contributed by atoms with Crippen LogP contribution >= 0.6 is 0 Å². The second kappa shape index (κ2) is 5.62. The number of rotatable bonds is 6. The lowest BCUT2D eigenvalue weighted by molar-refractivity contribution is -0.110. The van der Waals surface area contributed by atoms with Crippen molar-refractivity contribution in [2.75, 3.05) is 0 Å². The minimum atomic E-state index is -0.193. The highest BCUT2D eigenvalue weighted by molar-refractivity contribution is 5.93. The van der Waals surface area contributed by atoms with E-state index < -0.39 is 0 Å². The first-order valence-electron chi connectivity index (χ1n) is 5.76. The lowest BCUT2D eigenvalue weighted by atomic mass is 9.95. The van der Waals surface area contributed by atoms with Gasteiger partial charge in [-0.25, -0.2) is 0 Å². The Hall–Kier alpha value is -1.64. The molecule has 3 heteroatoms. The largest absolute Gasteiger partial charge is 0.354 e. The summed E-state index contributed by atoms with van der Waals surface area (Å²) in [6, 6.07) is 7.62. The Morgan fingerprint density at radius 3 is 2.35 bits per heavy atom. The first-order chi connectivity index (χ1) is 7.94. The van der Waals surface area contributed by atoms with E-state index in [0.29, 0.717) is 0 Å². The maximum absolute atomic E-state index is 11.1. The van der Waals surface area contributed by atoms with Crippen molar-refractivity contribution < 1.29 is 9.59 Å². The SMILES string of the molecule is CC(=O)c1ccc(CCC(C)(C)NC=O)cc1. The summed E-state index contributed by atoms with van der Waals surface area (Å²) in [6.45, 7) is 5.54. The predicted octanol–water partition coefficient (Wildman–Crippen LogP) is 2.35. The average molecular weight is 233 g/mol. The van der Waals surface area contributed by atoms with Crippen LogP contribution in [0.25, 0.3) is 0 Å². The Morgan fingerprint density at radius 2 is 1.88 bits per heavy atom. The van der Waals surface area contributed by atoms with Crippen molar-refractivity contribution in [3.8, 4) is 0 Å². The van der Waals surface area contributed by atoms with Crippen molar-refractivity contribution in [3.05, 3.63) is 35.4 Å². The molecule has 0 radical (unpaired) electrons. The normalized spacial score (nSPS) is 11.0. The maximum atomic E-state index is 11.1. The summed E-state index contributed by atoms with van der Waals surface area (Å²) in [4.78, 5) is 21.5. The van der Waals surface area contributed by atoms with Gasteiger partial charge in [-0.15, -0.1) is 0 Å². The molecule has 17 heavy (non-hydrogen) atoms. The highest BCUT2D eigenvalue weighted by atomic mass is 16.1. The van der Waals surface area contributed by atoms with Crippen LogP contribution in [0.4, 0.5) is 0 Å². The van der Waals surface area contributed by atoms with Crippen LogP contribution in [0.15, 0.2) is 24.3 Å². The van der Waals surface area contributed by atoms with E-state index in [-0.39, 0.29) is 11.3 Å². The zero-order valence-electron chi connectivity index (χ0n) is 10.6. The number of nitrogens with one attached hydrogen (secondary N) is 1.